The van der Waals surface area contributed by atoms with Crippen LogP contribution >= 0.6 is 15.9 Å². The summed E-state index contributed by atoms with van der Waals surface area (Å²) >= 11 is 3.34. The molecular formula is C44H45BrF2N8O5. The molecule has 0 atom stereocenters. The molecule has 16 heteroatoms. The zero-order valence-corrected chi connectivity index (χ0v) is 35.0. The van der Waals surface area contributed by atoms with Crippen LogP contribution < -0.4 is 20.1 Å². The first-order chi connectivity index (χ1) is 29.0. The Kier molecular flexibility index (Phi) is 14.8. The molecule has 2 N–H and O–H groups in total. The number of rotatable bonds is 13. The van der Waals surface area contributed by atoms with Crippen molar-refractivity contribution in [2.24, 2.45) is 14.1 Å². The molecule has 0 radical (unpaired) electrons. The van der Waals surface area contributed by atoms with Gasteiger partial charge in [-0.2, -0.15) is 10.2 Å². The van der Waals surface area contributed by atoms with Gasteiger partial charge in [-0.3, -0.25) is 28.6 Å². The highest BCUT2D eigenvalue weighted by molar-refractivity contribution is 9.09. The number of nitrogens with zero attached hydrogens (tertiary/aromatic N) is 6. The number of benzene rings is 4. The number of alkyl halides is 1. The zero-order valence-electron chi connectivity index (χ0n) is 33.4. The molecule has 3 amide bonds. The van der Waals surface area contributed by atoms with E-state index in [4.69, 9.17) is 9.47 Å². The first kappa shape index (κ1) is 43.2. The molecule has 0 saturated carbocycles. The maximum absolute atomic E-state index is 13.5. The lowest BCUT2D eigenvalue weighted by atomic mass is 10.1. The van der Waals surface area contributed by atoms with Crippen LogP contribution in [0.3, 0.4) is 0 Å². The summed E-state index contributed by atoms with van der Waals surface area (Å²) < 4.78 is 42.2. The van der Waals surface area contributed by atoms with E-state index in [-0.39, 0.29) is 22.9 Å². The van der Waals surface area contributed by atoms with Crippen LogP contribution in [0.1, 0.15) is 27.6 Å². The summed E-state index contributed by atoms with van der Waals surface area (Å²) in [6.07, 6.45) is 3.40. The molecule has 0 bridgehead atoms. The van der Waals surface area contributed by atoms with Crippen LogP contribution in [0.4, 0.5) is 20.2 Å². The molecule has 1 aliphatic heterocycles. The van der Waals surface area contributed by atoms with Gasteiger partial charge in [0.2, 0.25) is 5.91 Å². The molecule has 312 valence electrons. The van der Waals surface area contributed by atoms with Crippen LogP contribution in [0.15, 0.2) is 109 Å². The SMILES string of the molecule is CC(=O)N1CCN(CCOc2ccc(NC(=O)c3cccc(F)c3)cc2-c2ccnn2C)CC1.Cn1nccc1-c1cc(NC(=O)c2cccc(F)c2)ccc1OCCBr. The van der Waals surface area contributed by atoms with Crippen molar-refractivity contribution in [3.8, 4) is 34.0 Å². The topological polar surface area (TPSA) is 136 Å². The third kappa shape index (κ3) is 11.4. The van der Waals surface area contributed by atoms with Crippen molar-refractivity contribution in [3.05, 3.63) is 132 Å². The highest BCUT2D eigenvalue weighted by atomic mass is 79.9. The molecular weight excluding hydrogens is 838 g/mol. The Morgan fingerprint density at radius 2 is 1.15 bits per heavy atom. The van der Waals surface area contributed by atoms with Gasteiger partial charge < -0.3 is 25.0 Å². The largest absolute Gasteiger partial charge is 0.492 e. The molecule has 60 heavy (non-hydrogen) atoms. The summed E-state index contributed by atoms with van der Waals surface area (Å²) in [5.41, 5.74) is 4.95. The van der Waals surface area contributed by atoms with Gasteiger partial charge in [-0.1, -0.05) is 28.1 Å². The molecule has 0 aliphatic carbocycles. The number of hydrogen-bond donors (Lipinski definition) is 2. The maximum Gasteiger partial charge on any atom is 0.255 e. The van der Waals surface area contributed by atoms with Crippen molar-refractivity contribution in [3.63, 3.8) is 0 Å². The highest BCUT2D eigenvalue weighted by Crippen LogP contribution is 2.34. The number of carbonyl (C=O) groups excluding carboxylic acids is 3. The molecule has 13 nitrogen and oxygen atoms in total. The van der Waals surface area contributed by atoms with E-state index in [9.17, 15) is 23.2 Å². The second kappa shape index (κ2) is 20.5. The van der Waals surface area contributed by atoms with E-state index in [1.807, 2.05) is 49.3 Å². The number of anilines is 2. The van der Waals surface area contributed by atoms with E-state index in [2.05, 4.69) is 41.7 Å². The predicted octanol–water partition coefficient (Wildman–Crippen LogP) is 7.27. The first-order valence-electron chi connectivity index (χ1n) is 19.2. The minimum absolute atomic E-state index is 0.112. The van der Waals surface area contributed by atoms with Crippen LogP contribution in [0, 0.1) is 11.6 Å². The Hall–Kier alpha value is -6.39. The molecule has 1 aliphatic rings. The Bertz CT molecular complexity index is 2430. The minimum Gasteiger partial charge on any atom is -0.492 e. The predicted molar refractivity (Wildman–Crippen MR) is 229 cm³/mol. The quantitative estimate of drug-likeness (QED) is 0.116. The monoisotopic (exact) mass is 882 g/mol. The molecule has 1 saturated heterocycles. The van der Waals surface area contributed by atoms with Crippen LogP contribution in [-0.2, 0) is 18.9 Å². The van der Waals surface area contributed by atoms with Crippen molar-refractivity contribution < 1.29 is 32.6 Å². The summed E-state index contributed by atoms with van der Waals surface area (Å²) in [5, 5.41) is 14.8. The van der Waals surface area contributed by atoms with E-state index in [0.29, 0.717) is 41.4 Å². The van der Waals surface area contributed by atoms with Crippen LogP contribution in [0.5, 0.6) is 11.5 Å². The number of halogens is 3. The molecule has 6 aromatic rings. The number of ether oxygens (including phenoxy) is 2. The van der Waals surface area contributed by atoms with Crippen LogP contribution in [-0.4, -0.2) is 98.3 Å². The van der Waals surface area contributed by atoms with E-state index in [1.54, 1.807) is 59.0 Å². The summed E-state index contributed by atoms with van der Waals surface area (Å²) in [4.78, 5) is 40.6. The number of piperazine rings is 1. The standard InChI is InChI=1S/C25H28FN5O3.C19H17BrFN3O2/c1-18(32)31-12-10-30(11-13-31)14-15-34-24-7-6-21(17-22(24)23-8-9-27-29(23)2)28-25(33)19-4-3-5-20(26)16-19;1-24-17(7-9-22-24)16-12-15(5-6-18(16)26-10-8-20)23-19(25)13-3-2-4-14(21)11-13/h3-9,16-17H,10-15H2,1-2H3,(H,28,33);2-7,9,11-12H,8,10H2,1H3,(H,23,25). The molecule has 2 aromatic heterocycles. The second-order valence-electron chi connectivity index (χ2n) is 13.8. The Morgan fingerprint density at radius 1 is 0.667 bits per heavy atom. The molecule has 3 heterocycles. The zero-order chi connectivity index (χ0) is 42.6. The van der Waals surface area contributed by atoms with Crippen molar-refractivity contribution in [2.75, 3.05) is 61.9 Å². The van der Waals surface area contributed by atoms with E-state index >= 15 is 0 Å². The lowest BCUT2D eigenvalue weighted by Gasteiger charge is -2.34. The molecule has 4 aromatic carbocycles. The third-order valence-electron chi connectivity index (χ3n) is 9.66. The molecule has 0 unspecified atom stereocenters. The lowest BCUT2D eigenvalue weighted by Crippen LogP contribution is -2.48. The Morgan fingerprint density at radius 3 is 1.57 bits per heavy atom. The minimum atomic E-state index is -0.463. The number of aromatic nitrogens is 4. The maximum atomic E-state index is 13.5. The molecule has 1 fully saturated rings. The smallest absolute Gasteiger partial charge is 0.255 e. The van der Waals surface area contributed by atoms with Crippen LogP contribution in [0.25, 0.3) is 22.5 Å². The van der Waals surface area contributed by atoms with Crippen LogP contribution in [0.2, 0.25) is 0 Å². The van der Waals surface area contributed by atoms with Crippen molar-refractivity contribution in [1.29, 1.82) is 0 Å². The number of hydrogen-bond acceptors (Lipinski definition) is 8. The van der Waals surface area contributed by atoms with Gasteiger partial charge in [0.25, 0.3) is 11.8 Å². The fraction of sp³-hybridized carbons (Fsp3) is 0.250. The summed E-state index contributed by atoms with van der Waals surface area (Å²) in [7, 11) is 3.67. The van der Waals surface area contributed by atoms with E-state index in [1.165, 1.54) is 36.4 Å². The van der Waals surface area contributed by atoms with Gasteiger partial charge >= 0.3 is 0 Å². The fourth-order valence-electron chi connectivity index (χ4n) is 6.53. The van der Waals surface area contributed by atoms with Gasteiger partial charge in [-0.05, 0) is 84.9 Å². The fourth-order valence-corrected chi connectivity index (χ4v) is 6.69. The number of aryl methyl sites for hydroxylation is 2. The Balaban J connectivity index is 0.000000209. The summed E-state index contributed by atoms with van der Waals surface area (Å²) in [6.45, 7) is 6.45. The second-order valence-corrected chi connectivity index (χ2v) is 14.6. The summed E-state index contributed by atoms with van der Waals surface area (Å²) in [5.74, 6) is -0.210. The molecule has 0 spiro atoms. The number of nitrogens with one attached hydrogen (secondary N) is 2. The highest BCUT2D eigenvalue weighted by Gasteiger charge is 2.20. The third-order valence-corrected chi connectivity index (χ3v) is 9.98. The average molecular weight is 884 g/mol. The van der Waals surface area contributed by atoms with E-state index < -0.39 is 17.5 Å². The van der Waals surface area contributed by atoms with E-state index in [0.717, 1.165) is 55.2 Å². The Labute approximate surface area is 355 Å². The van der Waals surface area contributed by atoms with Gasteiger partial charge in [0.1, 0.15) is 29.7 Å². The lowest BCUT2D eigenvalue weighted by molar-refractivity contribution is -0.130. The summed E-state index contributed by atoms with van der Waals surface area (Å²) in [6, 6.07) is 25.6. The van der Waals surface area contributed by atoms with Crippen molar-refractivity contribution in [2.45, 2.75) is 6.92 Å². The average Bonchev–Trinajstić information content (AvgIpc) is 3.88. The number of amides is 3. The first-order valence-corrected chi connectivity index (χ1v) is 20.3. The van der Waals surface area contributed by atoms with Gasteiger partial charge in [-0.25, -0.2) is 8.78 Å². The molecule has 7 rings (SSSR count). The van der Waals surface area contributed by atoms with Gasteiger partial charge in [-0.15, -0.1) is 0 Å². The van der Waals surface area contributed by atoms with Crippen molar-refractivity contribution >= 4 is 45.0 Å². The normalized spacial score (nSPS) is 12.6. The van der Waals surface area contributed by atoms with Gasteiger partial charge in [0, 0.05) is 105 Å². The van der Waals surface area contributed by atoms with Gasteiger partial charge in [0.05, 0.1) is 18.0 Å². The van der Waals surface area contributed by atoms with Crippen molar-refractivity contribution in [1.82, 2.24) is 29.4 Å². The van der Waals surface area contributed by atoms with Gasteiger partial charge in [0.15, 0.2) is 0 Å². The number of carbonyl (C=O) groups is 3.